The molecule has 1 unspecified atom stereocenters. The van der Waals surface area contributed by atoms with Gasteiger partial charge in [0.15, 0.2) is 6.10 Å². The molecule has 0 N–H and O–H groups in total. The Kier molecular flexibility index (Phi) is 27.9. The van der Waals surface area contributed by atoms with Crippen molar-refractivity contribution in [2.24, 2.45) is 0 Å². The number of carbonyl (C=O) groups is 4. The summed E-state index contributed by atoms with van der Waals surface area (Å²) in [5.41, 5.74) is 0. The molecule has 292 valence electrons. The highest BCUT2D eigenvalue weighted by Crippen LogP contribution is 2.24. The van der Waals surface area contributed by atoms with Gasteiger partial charge in [0.2, 0.25) is 0 Å². The largest absolute Gasteiger partial charge is 0.466 e. The van der Waals surface area contributed by atoms with Crippen molar-refractivity contribution in [2.75, 3.05) is 19.7 Å². The highest BCUT2D eigenvalue weighted by molar-refractivity contribution is 5.71. The van der Waals surface area contributed by atoms with Gasteiger partial charge in [-0.1, -0.05) is 111 Å². The fourth-order valence-electron chi connectivity index (χ4n) is 6.84. The summed E-state index contributed by atoms with van der Waals surface area (Å²) >= 11 is 0. The zero-order valence-corrected chi connectivity index (χ0v) is 32.8. The Morgan fingerprint density at radius 2 is 1.14 bits per heavy atom. The van der Waals surface area contributed by atoms with Crippen LogP contribution in [-0.4, -0.2) is 72.8 Å². The third-order valence-corrected chi connectivity index (χ3v) is 9.69. The van der Waals surface area contributed by atoms with Gasteiger partial charge < -0.3 is 23.8 Å². The van der Waals surface area contributed by atoms with Crippen molar-refractivity contribution in [1.82, 2.24) is 4.90 Å². The van der Waals surface area contributed by atoms with Crippen LogP contribution in [0.3, 0.4) is 0 Å². The van der Waals surface area contributed by atoms with Crippen molar-refractivity contribution >= 4 is 23.9 Å². The number of carbonyl (C=O) groups excluding carboxylic acids is 4. The van der Waals surface area contributed by atoms with Crippen LogP contribution in [0.4, 0.5) is 0 Å². The maximum Gasteiger partial charge on any atom is 0.306 e. The number of rotatable bonds is 31. The van der Waals surface area contributed by atoms with Crippen molar-refractivity contribution in [2.45, 2.75) is 219 Å². The maximum atomic E-state index is 13.1. The van der Waals surface area contributed by atoms with E-state index < -0.39 is 30.3 Å². The Morgan fingerprint density at radius 3 is 1.74 bits per heavy atom. The van der Waals surface area contributed by atoms with Crippen LogP contribution in [0.2, 0.25) is 0 Å². The van der Waals surface area contributed by atoms with Gasteiger partial charge in [0, 0.05) is 38.1 Å². The van der Waals surface area contributed by atoms with E-state index in [1.165, 1.54) is 103 Å². The lowest BCUT2D eigenvalue weighted by molar-refractivity contribution is -0.186. The second-order valence-corrected chi connectivity index (χ2v) is 14.4. The van der Waals surface area contributed by atoms with E-state index in [-0.39, 0.29) is 44.2 Å². The fraction of sp³-hybridized carbons (Fsp3) is 0.902. The third kappa shape index (κ3) is 22.6. The first-order chi connectivity index (χ1) is 24.2. The number of hydrogen-bond acceptors (Lipinski definition) is 9. The smallest absolute Gasteiger partial charge is 0.306 e. The highest BCUT2D eigenvalue weighted by atomic mass is 16.6. The van der Waals surface area contributed by atoms with Crippen LogP contribution in [0.5, 0.6) is 0 Å². The van der Waals surface area contributed by atoms with E-state index in [0.717, 1.165) is 13.1 Å². The van der Waals surface area contributed by atoms with E-state index in [9.17, 15) is 19.2 Å². The van der Waals surface area contributed by atoms with E-state index in [0.29, 0.717) is 38.1 Å². The van der Waals surface area contributed by atoms with E-state index in [4.69, 9.17) is 18.9 Å². The molecule has 0 aromatic carbocycles. The minimum absolute atomic E-state index is 0.00164. The standard InChI is InChI=1S/C41H75NO8/c1-6-10-11-12-13-14-15-16-17-18-19-20-27-35-28-21-22-31-42(35)32-23-29-40(46)48-34(5)41(50-39(45)26-9-4)36(49-38(44)25-8-3)30-33-47-37(43)24-7-2/h34-36,41H,6-33H2,1-5H3/t34-,35?,36+,41+/m0/s1. The van der Waals surface area contributed by atoms with Crippen LogP contribution in [0, 0.1) is 0 Å². The molecule has 0 aliphatic carbocycles. The molecule has 0 saturated carbocycles. The van der Waals surface area contributed by atoms with Crippen molar-refractivity contribution in [1.29, 1.82) is 0 Å². The molecular formula is C41H75NO8. The molecule has 1 aliphatic heterocycles. The first-order valence-corrected chi connectivity index (χ1v) is 20.7. The number of piperidine rings is 1. The molecule has 0 spiro atoms. The van der Waals surface area contributed by atoms with E-state index >= 15 is 0 Å². The predicted octanol–water partition coefficient (Wildman–Crippen LogP) is 9.80. The molecular weight excluding hydrogens is 634 g/mol. The van der Waals surface area contributed by atoms with Gasteiger partial charge in [-0.25, -0.2) is 0 Å². The lowest BCUT2D eigenvalue weighted by Gasteiger charge is -2.36. The molecule has 1 saturated heterocycles. The summed E-state index contributed by atoms with van der Waals surface area (Å²) in [6, 6.07) is 0.592. The van der Waals surface area contributed by atoms with Gasteiger partial charge in [0.25, 0.3) is 0 Å². The van der Waals surface area contributed by atoms with E-state index in [1.807, 2.05) is 20.8 Å². The molecule has 0 aromatic rings. The second-order valence-electron chi connectivity index (χ2n) is 14.4. The summed E-state index contributed by atoms with van der Waals surface area (Å²) in [7, 11) is 0. The second kappa shape index (κ2) is 30.5. The number of ether oxygens (including phenoxy) is 4. The summed E-state index contributed by atoms with van der Waals surface area (Å²) < 4.78 is 22.6. The van der Waals surface area contributed by atoms with Gasteiger partial charge >= 0.3 is 23.9 Å². The molecule has 9 nitrogen and oxygen atoms in total. The summed E-state index contributed by atoms with van der Waals surface area (Å²) in [5, 5.41) is 0. The van der Waals surface area contributed by atoms with Crippen LogP contribution in [-0.2, 0) is 38.1 Å². The fourth-order valence-corrected chi connectivity index (χ4v) is 6.84. The topological polar surface area (TPSA) is 108 Å². The highest BCUT2D eigenvalue weighted by Gasteiger charge is 2.36. The molecule has 0 radical (unpaired) electrons. The van der Waals surface area contributed by atoms with Crippen LogP contribution in [0.1, 0.15) is 195 Å². The van der Waals surface area contributed by atoms with Crippen LogP contribution >= 0.6 is 0 Å². The minimum atomic E-state index is -1.01. The molecule has 0 bridgehead atoms. The first-order valence-electron chi connectivity index (χ1n) is 20.7. The number of nitrogens with zero attached hydrogens (tertiary/aromatic N) is 1. The number of likely N-dealkylation sites (tertiary alicyclic amines) is 1. The number of esters is 4. The normalized spacial score (nSPS) is 16.7. The van der Waals surface area contributed by atoms with Crippen molar-refractivity contribution in [3.8, 4) is 0 Å². The number of unbranched alkanes of at least 4 members (excludes halogenated alkanes) is 11. The Hall–Kier alpha value is -2.16. The Bertz CT molecular complexity index is 896. The molecule has 1 rings (SSSR count). The monoisotopic (exact) mass is 710 g/mol. The van der Waals surface area contributed by atoms with Crippen molar-refractivity contribution < 1.29 is 38.1 Å². The quantitative estimate of drug-likeness (QED) is 0.0395. The van der Waals surface area contributed by atoms with Crippen LogP contribution in [0.15, 0.2) is 0 Å². The predicted molar refractivity (Wildman–Crippen MR) is 200 cm³/mol. The molecule has 0 amide bonds. The van der Waals surface area contributed by atoms with Crippen LogP contribution < -0.4 is 0 Å². The molecule has 4 atom stereocenters. The average molecular weight is 710 g/mol. The average Bonchev–Trinajstić information content (AvgIpc) is 3.08. The summed E-state index contributed by atoms with van der Waals surface area (Å²) in [4.78, 5) is 52.7. The minimum Gasteiger partial charge on any atom is -0.466 e. The molecule has 50 heavy (non-hydrogen) atoms. The van der Waals surface area contributed by atoms with Crippen molar-refractivity contribution in [3.05, 3.63) is 0 Å². The summed E-state index contributed by atoms with van der Waals surface area (Å²) in [6.45, 7) is 11.5. The van der Waals surface area contributed by atoms with Gasteiger partial charge in [-0.3, -0.25) is 19.2 Å². The zero-order valence-electron chi connectivity index (χ0n) is 32.8. The van der Waals surface area contributed by atoms with E-state index in [1.54, 1.807) is 6.92 Å². The van der Waals surface area contributed by atoms with Gasteiger partial charge in [0.05, 0.1) is 6.61 Å². The summed E-state index contributed by atoms with van der Waals surface area (Å²) in [5.74, 6) is -1.59. The summed E-state index contributed by atoms with van der Waals surface area (Å²) in [6.07, 6.45) is 22.1. The van der Waals surface area contributed by atoms with E-state index in [2.05, 4.69) is 11.8 Å². The SMILES string of the molecule is CCCCCCCCCCCCCCC1CCCCN1CCCC(=O)O[C@@H](C)[C@@H](OC(=O)CCC)[C@@H](CCOC(=O)CCC)OC(=O)CCC. The molecule has 1 fully saturated rings. The molecule has 1 aliphatic rings. The molecule has 0 aromatic heterocycles. The van der Waals surface area contributed by atoms with Gasteiger partial charge in [-0.2, -0.15) is 0 Å². The van der Waals surface area contributed by atoms with Crippen LogP contribution in [0.25, 0.3) is 0 Å². The van der Waals surface area contributed by atoms with Gasteiger partial charge in [-0.15, -0.1) is 0 Å². The van der Waals surface area contributed by atoms with Crippen molar-refractivity contribution in [3.63, 3.8) is 0 Å². The number of hydrogen-bond donors (Lipinski definition) is 0. The first kappa shape index (κ1) is 45.9. The third-order valence-electron chi connectivity index (χ3n) is 9.69. The molecule has 9 heteroatoms. The Morgan fingerprint density at radius 1 is 0.600 bits per heavy atom. The zero-order chi connectivity index (χ0) is 36.8. The Labute approximate surface area is 305 Å². The maximum absolute atomic E-state index is 13.1. The molecule has 1 heterocycles. The Balaban J connectivity index is 2.59. The van der Waals surface area contributed by atoms with Gasteiger partial charge in [-0.05, 0) is 65.0 Å². The lowest BCUT2D eigenvalue weighted by Crippen LogP contribution is -2.45. The van der Waals surface area contributed by atoms with Gasteiger partial charge in [0.1, 0.15) is 12.2 Å². The lowest BCUT2D eigenvalue weighted by atomic mass is 9.96.